The zero-order chi connectivity index (χ0) is 13.3. The minimum atomic E-state index is -0.461. The van der Waals surface area contributed by atoms with Crippen molar-refractivity contribution in [2.75, 3.05) is 13.7 Å². The van der Waals surface area contributed by atoms with Gasteiger partial charge in [-0.1, -0.05) is 25.0 Å². The third kappa shape index (κ3) is 2.37. The number of methoxy groups -OCH3 is 1. The van der Waals surface area contributed by atoms with Crippen LogP contribution in [0, 0.1) is 5.92 Å². The fourth-order valence-corrected chi connectivity index (χ4v) is 3.81. The average Bonchev–Trinajstić information content (AvgIpc) is 2.46. The lowest BCUT2D eigenvalue weighted by Gasteiger charge is -2.48. The predicted octanol–water partition coefficient (Wildman–Crippen LogP) is 2.65. The van der Waals surface area contributed by atoms with Gasteiger partial charge >= 0.3 is 0 Å². The highest BCUT2D eigenvalue weighted by Gasteiger charge is 2.45. The molecule has 1 heterocycles. The first-order valence-electron chi connectivity index (χ1n) is 7.33. The molecule has 1 aromatic rings. The molecule has 3 nitrogen and oxygen atoms in total. The summed E-state index contributed by atoms with van der Waals surface area (Å²) in [6.07, 6.45) is 5.36. The van der Waals surface area contributed by atoms with Gasteiger partial charge in [0.15, 0.2) is 0 Å². The summed E-state index contributed by atoms with van der Waals surface area (Å²) in [5.74, 6) is 1.23. The van der Waals surface area contributed by atoms with E-state index in [1.165, 1.54) is 12.0 Å². The third-order valence-electron chi connectivity index (χ3n) is 4.84. The Kier molecular flexibility index (Phi) is 3.50. The number of piperidine rings is 1. The van der Waals surface area contributed by atoms with E-state index in [2.05, 4.69) is 17.4 Å². The number of nitrogens with one attached hydrogen (secondary N) is 1. The summed E-state index contributed by atoms with van der Waals surface area (Å²) >= 11 is 0. The predicted molar refractivity (Wildman–Crippen MR) is 75.3 cm³/mol. The van der Waals surface area contributed by atoms with E-state index in [-0.39, 0.29) is 6.04 Å². The van der Waals surface area contributed by atoms with Crippen molar-refractivity contribution in [1.29, 1.82) is 0 Å². The quantitative estimate of drug-likeness (QED) is 0.860. The number of benzene rings is 1. The van der Waals surface area contributed by atoms with E-state index >= 15 is 0 Å². The molecule has 3 heteroatoms. The monoisotopic (exact) mass is 261 g/mol. The van der Waals surface area contributed by atoms with Gasteiger partial charge in [-0.3, -0.25) is 0 Å². The molecule has 0 unspecified atom stereocenters. The minimum Gasteiger partial charge on any atom is -0.497 e. The normalized spacial score (nSPS) is 34.6. The van der Waals surface area contributed by atoms with Crippen LogP contribution in [0.3, 0.4) is 0 Å². The van der Waals surface area contributed by atoms with Crippen LogP contribution in [0.5, 0.6) is 5.75 Å². The third-order valence-corrected chi connectivity index (χ3v) is 4.84. The summed E-state index contributed by atoms with van der Waals surface area (Å²) in [5.41, 5.74) is 0.779. The van der Waals surface area contributed by atoms with Gasteiger partial charge in [-0.25, -0.2) is 0 Å². The highest BCUT2D eigenvalue weighted by molar-refractivity contribution is 5.32. The van der Waals surface area contributed by atoms with Gasteiger partial charge in [-0.2, -0.15) is 0 Å². The number of fused-ring (bicyclic) bond motifs is 1. The van der Waals surface area contributed by atoms with E-state index < -0.39 is 5.60 Å². The maximum Gasteiger partial charge on any atom is 0.119 e. The van der Waals surface area contributed by atoms with Crippen molar-refractivity contribution >= 4 is 0 Å². The summed E-state index contributed by atoms with van der Waals surface area (Å²) in [7, 11) is 1.70. The standard InChI is InChI=1S/C16H23NO2/c1-19-13-6-4-5-12(11-13)15-14-7-2-3-8-16(14,18)9-10-17-15/h4-6,11,14-15,17-18H,2-3,7-10H2,1H3/t14-,15+,16+/m1/s1. The summed E-state index contributed by atoms with van der Waals surface area (Å²) in [6.45, 7) is 0.898. The Morgan fingerprint density at radius 3 is 3.05 bits per heavy atom. The zero-order valence-corrected chi connectivity index (χ0v) is 11.6. The highest BCUT2D eigenvalue weighted by atomic mass is 16.5. The largest absolute Gasteiger partial charge is 0.497 e. The van der Waals surface area contributed by atoms with Gasteiger partial charge in [0.05, 0.1) is 12.7 Å². The Balaban J connectivity index is 1.90. The molecule has 0 radical (unpaired) electrons. The molecule has 0 aromatic heterocycles. The van der Waals surface area contributed by atoms with Gasteiger partial charge in [0.1, 0.15) is 5.75 Å². The molecule has 1 saturated carbocycles. The molecular weight excluding hydrogens is 238 g/mol. The van der Waals surface area contributed by atoms with Gasteiger partial charge in [0.2, 0.25) is 0 Å². The lowest BCUT2D eigenvalue weighted by atomic mass is 9.67. The van der Waals surface area contributed by atoms with E-state index in [9.17, 15) is 5.11 Å². The molecule has 2 fully saturated rings. The molecule has 19 heavy (non-hydrogen) atoms. The second kappa shape index (κ2) is 5.14. The van der Waals surface area contributed by atoms with Crippen molar-refractivity contribution in [2.45, 2.75) is 43.7 Å². The van der Waals surface area contributed by atoms with Crippen LogP contribution in [-0.4, -0.2) is 24.4 Å². The van der Waals surface area contributed by atoms with Crippen LogP contribution >= 0.6 is 0 Å². The Labute approximate surface area is 115 Å². The van der Waals surface area contributed by atoms with E-state index in [0.29, 0.717) is 5.92 Å². The van der Waals surface area contributed by atoms with Gasteiger partial charge in [0, 0.05) is 12.0 Å². The molecule has 104 valence electrons. The van der Waals surface area contributed by atoms with Gasteiger partial charge < -0.3 is 15.2 Å². The topological polar surface area (TPSA) is 41.5 Å². The van der Waals surface area contributed by atoms with Crippen molar-refractivity contribution < 1.29 is 9.84 Å². The van der Waals surface area contributed by atoms with Crippen LogP contribution in [0.4, 0.5) is 0 Å². The number of rotatable bonds is 2. The van der Waals surface area contributed by atoms with E-state index in [1.807, 2.05) is 12.1 Å². The molecule has 3 atom stereocenters. The smallest absolute Gasteiger partial charge is 0.119 e. The fraction of sp³-hybridized carbons (Fsp3) is 0.625. The summed E-state index contributed by atoms with van der Waals surface area (Å²) in [6, 6.07) is 8.50. The van der Waals surface area contributed by atoms with Crippen LogP contribution in [0.25, 0.3) is 0 Å². The lowest BCUT2D eigenvalue weighted by Crippen LogP contribution is -2.53. The molecule has 0 amide bonds. The number of hydrogen-bond donors (Lipinski definition) is 2. The first kappa shape index (κ1) is 12.9. The zero-order valence-electron chi connectivity index (χ0n) is 11.6. The molecule has 1 aromatic carbocycles. The SMILES string of the molecule is COc1cccc([C@@H]2NCC[C@@]3(O)CCCC[C@H]23)c1. The minimum absolute atomic E-state index is 0.258. The summed E-state index contributed by atoms with van der Waals surface area (Å²) in [5, 5.41) is 14.5. The molecule has 2 N–H and O–H groups in total. The second-order valence-corrected chi connectivity index (χ2v) is 5.91. The van der Waals surface area contributed by atoms with Crippen LogP contribution < -0.4 is 10.1 Å². The number of ether oxygens (including phenoxy) is 1. The van der Waals surface area contributed by atoms with Crippen LogP contribution in [0.15, 0.2) is 24.3 Å². The maximum absolute atomic E-state index is 10.9. The Morgan fingerprint density at radius 2 is 2.21 bits per heavy atom. The number of hydrogen-bond acceptors (Lipinski definition) is 3. The first-order valence-corrected chi connectivity index (χ1v) is 7.33. The van der Waals surface area contributed by atoms with E-state index in [4.69, 9.17) is 4.74 Å². The molecule has 1 saturated heterocycles. The lowest BCUT2D eigenvalue weighted by molar-refractivity contribution is -0.0861. The van der Waals surface area contributed by atoms with Crippen molar-refractivity contribution in [2.24, 2.45) is 5.92 Å². The van der Waals surface area contributed by atoms with Gasteiger partial charge in [0.25, 0.3) is 0 Å². The molecule has 0 bridgehead atoms. The summed E-state index contributed by atoms with van der Waals surface area (Å²) in [4.78, 5) is 0. The van der Waals surface area contributed by atoms with Crippen LogP contribution in [0.2, 0.25) is 0 Å². The summed E-state index contributed by atoms with van der Waals surface area (Å²) < 4.78 is 5.32. The molecule has 1 aliphatic heterocycles. The van der Waals surface area contributed by atoms with Crippen molar-refractivity contribution in [3.05, 3.63) is 29.8 Å². The maximum atomic E-state index is 10.9. The highest BCUT2D eigenvalue weighted by Crippen LogP contribution is 2.45. The number of aliphatic hydroxyl groups is 1. The van der Waals surface area contributed by atoms with Crippen molar-refractivity contribution in [1.82, 2.24) is 5.32 Å². The van der Waals surface area contributed by atoms with Crippen molar-refractivity contribution in [3.8, 4) is 5.75 Å². The Hall–Kier alpha value is -1.06. The average molecular weight is 261 g/mol. The first-order chi connectivity index (χ1) is 9.23. The molecule has 3 rings (SSSR count). The van der Waals surface area contributed by atoms with E-state index in [0.717, 1.165) is 38.0 Å². The molecule has 1 aliphatic carbocycles. The fourth-order valence-electron chi connectivity index (χ4n) is 3.81. The Bertz CT molecular complexity index is 444. The van der Waals surface area contributed by atoms with Gasteiger partial charge in [-0.15, -0.1) is 0 Å². The van der Waals surface area contributed by atoms with Gasteiger partial charge in [-0.05, 0) is 43.5 Å². The van der Waals surface area contributed by atoms with Crippen LogP contribution in [-0.2, 0) is 0 Å². The van der Waals surface area contributed by atoms with Crippen LogP contribution in [0.1, 0.15) is 43.7 Å². The van der Waals surface area contributed by atoms with Crippen molar-refractivity contribution in [3.63, 3.8) is 0 Å². The van der Waals surface area contributed by atoms with E-state index in [1.54, 1.807) is 7.11 Å². The molecule has 2 aliphatic rings. The molecule has 0 spiro atoms. The molecular formula is C16H23NO2. The Morgan fingerprint density at radius 1 is 1.32 bits per heavy atom. The second-order valence-electron chi connectivity index (χ2n) is 5.91.